The second kappa shape index (κ2) is 8.85. The minimum atomic E-state index is -1.29. The summed E-state index contributed by atoms with van der Waals surface area (Å²) in [6.07, 6.45) is 9.48. The van der Waals surface area contributed by atoms with Crippen LogP contribution in [0.25, 0.3) is 0 Å². The highest BCUT2D eigenvalue weighted by Crippen LogP contribution is 2.33. The van der Waals surface area contributed by atoms with E-state index < -0.39 is 35.5 Å². The highest BCUT2D eigenvalue weighted by molar-refractivity contribution is 6.44. The van der Waals surface area contributed by atoms with Gasteiger partial charge in [-0.25, -0.2) is 4.79 Å². The first-order chi connectivity index (χ1) is 13.0. The van der Waals surface area contributed by atoms with Crippen molar-refractivity contribution in [2.24, 2.45) is 5.92 Å². The number of esters is 1. The summed E-state index contributed by atoms with van der Waals surface area (Å²) >= 11 is 0. The molecule has 0 bridgehead atoms. The lowest BCUT2D eigenvalue weighted by Crippen LogP contribution is -2.52. The molecular weight excluding hydrogens is 348 g/mol. The number of hydrogen-bond donors (Lipinski definition) is 1. The van der Waals surface area contributed by atoms with Crippen LogP contribution in [0.15, 0.2) is 0 Å². The Hall–Kier alpha value is -1.92. The van der Waals surface area contributed by atoms with Crippen molar-refractivity contribution < 1.29 is 23.9 Å². The van der Waals surface area contributed by atoms with Gasteiger partial charge in [0, 0.05) is 12.1 Å². The van der Waals surface area contributed by atoms with E-state index >= 15 is 0 Å². The number of likely N-dealkylation sites (tertiary alicyclic amines) is 1. The summed E-state index contributed by atoms with van der Waals surface area (Å²) in [6, 6.07) is -1.28. The molecule has 7 nitrogen and oxygen atoms in total. The SMILES string of the molecule is CCOC(=O)[C@@H]1[C@H](C(=O)NC2CCCCC2)C(=O)C(=O)N1C1CCCCC1. The average molecular weight is 378 g/mol. The molecule has 1 heterocycles. The zero-order valence-electron chi connectivity index (χ0n) is 16.1. The van der Waals surface area contributed by atoms with Gasteiger partial charge in [-0.05, 0) is 32.6 Å². The molecule has 0 radical (unpaired) electrons. The highest BCUT2D eigenvalue weighted by atomic mass is 16.5. The van der Waals surface area contributed by atoms with Gasteiger partial charge < -0.3 is 15.0 Å². The van der Waals surface area contributed by atoms with E-state index in [4.69, 9.17) is 4.74 Å². The molecule has 1 N–H and O–H groups in total. The van der Waals surface area contributed by atoms with Gasteiger partial charge in [0.15, 0.2) is 0 Å². The number of ketones is 1. The van der Waals surface area contributed by atoms with Crippen LogP contribution in [0, 0.1) is 5.92 Å². The number of Topliss-reactive ketones (excluding diaryl/α,β-unsaturated/α-hetero) is 1. The van der Waals surface area contributed by atoms with Crippen molar-refractivity contribution in [2.45, 2.75) is 89.3 Å². The van der Waals surface area contributed by atoms with Gasteiger partial charge in [0.1, 0.15) is 12.0 Å². The van der Waals surface area contributed by atoms with Crippen LogP contribution >= 0.6 is 0 Å². The topological polar surface area (TPSA) is 92.8 Å². The molecule has 150 valence electrons. The number of rotatable bonds is 5. The summed E-state index contributed by atoms with van der Waals surface area (Å²) < 4.78 is 5.15. The molecule has 3 aliphatic rings. The van der Waals surface area contributed by atoms with Crippen LogP contribution in [0.4, 0.5) is 0 Å². The highest BCUT2D eigenvalue weighted by Gasteiger charge is 2.57. The lowest BCUT2D eigenvalue weighted by molar-refractivity contribution is -0.156. The van der Waals surface area contributed by atoms with E-state index in [0.717, 1.165) is 64.2 Å². The number of carbonyl (C=O) groups excluding carboxylic acids is 4. The first-order valence-electron chi connectivity index (χ1n) is 10.4. The summed E-state index contributed by atoms with van der Waals surface area (Å²) in [5.41, 5.74) is 0. The minimum absolute atomic E-state index is 0.0146. The van der Waals surface area contributed by atoms with Gasteiger partial charge in [-0.2, -0.15) is 0 Å². The van der Waals surface area contributed by atoms with E-state index in [1.54, 1.807) is 6.92 Å². The molecule has 2 atom stereocenters. The fourth-order valence-electron chi connectivity index (χ4n) is 4.72. The van der Waals surface area contributed by atoms with Crippen molar-refractivity contribution in [2.75, 3.05) is 6.61 Å². The fourth-order valence-corrected chi connectivity index (χ4v) is 4.72. The molecule has 7 heteroatoms. The largest absolute Gasteiger partial charge is 0.464 e. The molecule has 0 aromatic carbocycles. The number of ether oxygens (including phenoxy) is 1. The quantitative estimate of drug-likeness (QED) is 0.447. The van der Waals surface area contributed by atoms with Crippen molar-refractivity contribution >= 4 is 23.6 Å². The van der Waals surface area contributed by atoms with Crippen LogP contribution in [0.1, 0.15) is 71.1 Å². The third-order valence-corrected chi connectivity index (χ3v) is 6.07. The number of amides is 2. The Morgan fingerprint density at radius 1 is 1.00 bits per heavy atom. The first-order valence-corrected chi connectivity index (χ1v) is 10.4. The van der Waals surface area contributed by atoms with Crippen molar-refractivity contribution in [3.8, 4) is 0 Å². The summed E-state index contributed by atoms with van der Waals surface area (Å²) in [6.45, 7) is 1.83. The fraction of sp³-hybridized carbons (Fsp3) is 0.800. The Morgan fingerprint density at radius 3 is 2.19 bits per heavy atom. The van der Waals surface area contributed by atoms with Gasteiger partial charge in [-0.1, -0.05) is 38.5 Å². The number of nitrogens with zero attached hydrogens (tertiary/aromatic N) is 1. The Labute approximate surface area is 160 Å². The predicted octanol–water partition coefficient (Wildman–Crippen LogP) is 1.73. The van der Waals surface area contributed by atoms with Gasteiger partial charge in [-0.15, -0.1) is 0 Å². The summed E-state index contributed by atoms with van der Waals surface area (Å²) in [4.78, 5) is 52.3. The van der Waals surface area contributed by atoms with Gasteiger partial charge in [-0.3, -0.25) is 14.4 Å². The molecule has 1 aliphatic heterocycles. The van der Waals surface area contributed by atoms with E-state index in [1.807, 2.05) is 0 Å². The molecule has 3 fully saturated rings. The standard InChI is InChI=1S/C20H30N2O5/c1-2-27-20(26)16-15(18(24)21-13-9-5-3-6-10-13)17(23)19(25)22(16)14-11-7-4-8-12-14/h13-16H,2-12H2,1H3,(H,21,24)/t15-,16-/m0/s1. The normalized spacial score (nSPS) is 27.7. The number of carbonyl (C=O) groups is 4. The lowest BCUT2D eigenvalue weighted by Gasteiger charge is -2.35. The molecule has 3 rings (SSSR count). The van der Waals surface area contributed by atoms with Crippen molar-refractivity contribution in [3.63, 3.8) is 0 Å². The Bertz CT molecular complexity index is 593. The second-order valence-electron chi connectivity index (χ2n) is 7.89. The molecule has 0 unspecified atom stereocenters. The molecule has 0 aromatic rings. The first kappa shape index (κ1) is 19.8. The van der Waals surface area contributed by atoms with Gasteiger partial charge in [0.2, 0.25) is 11.7 Å². The zero-order chi connectivity index (χ0) is 19.4. The van der Waals surface area contributed by atoms with Gasteiger partial charge in [0.05, 0.1) is 6.61 Å². The Kier molecular flexibility index (Phi) is 6.50. The Balaban J connectivity index is 1.82. The van der Waals surface area contributed by atoms with E-state index in [1.165, 1.54) is 4.90 Å². The van der Waals surface area contributed by atoms with E-state index in [2.05, 4.69) is 5.32 Å². The monoisotopic (exact) mass is 378 g/mol. The van der Waals surface area contributed by atoms with Gasteiger partial charge in [0.25, 0.3) is 5.91 Å². The van der Waals surface area contributed by atoms with Crippen molar-refractivity contribution in [3.05, 3.63) is 0 Å². The summed E-state index contributed by atoms with van der Waals surface area (Å²) in [5.74, 6) is -3.92. The summed E-state index contributed by atoms with van der Waals surface area (Å²) in [5, 5.41) is 2.92. The minimum Gasteiger partial charge on any atom is -0.464 e. The predicted molar refractivity (Wildman–Crippen MR) is 97.7 cm³/mol. The van der Waals surface area contributed by atoms with E-state index in [9.17, 15) is 19.2 Å². The van der Waals surface area contributed by atoms with Crippen LogP contribution in [0.5, 0.6) is 0 Å². The van der Waals surface area contributed by atoms with Gasteiger partial charge >= 0.3 is 5.97 Å². The third kappa shape index (κ3) is 4.17. The van der Waals surface area contributed by atoms with E-state index in [-0.39, 0.29) is 18.7 Å². The smallest absolute Gasteiger partial charge is 0.330 e. The molecule has 2 amide bonds. The number of hydrogen-bond acceptors (Lipinski definition) is 5. The molecule has 2 aliphatic carbocycles. The zero-order valence-corrected chi connectivity index (χ0v) is 16.1. The average Bonchev–Trinajstić information content (AvgIpc) is 2.95. The maximum absolute atomic E-state index is 12.9. The van der Waals surface area contributed by atoms with Crippen LogP contribution < -0.4 is 5.32 Å². The van der Waals surface area contributed by atoms with Crippen LogP contribution in [0.2, 0.25) is 0 Å². The maximum Gasteiger partial charge on any atom is 0.330 e. The van der Waals surface area contributed by atoms with E-state index in [0.29, 0.717) is 0 Å². The van der Waals surface area contributed by atoms with Crippen molar-refractivity contribution in [1.82, 2.24) is 10.2 Å². The molecular formula is C20H30N2O5. The molecule has 27 heavy (non-hydrogen) atoms. The molecule has 0 aromatic heterocycles. The molecule has 1 saturated heterocycles. The third-order valence-electron chi connectivity index (χ3n) is 6.07. The Morgan fingerprint density at radius 2 is 1.59 bits per heavy atom. The van der Waals surface area contributed by atoms with Crippen molar-refractivity contribution in [1.29, 1.82) is 0 Å². The second-order valence-corrected chi connectivity index (χ2v) is 7.89. The van der Waals surface area contributed by atoms with Crippen LogP contribution in [-0.4, -0.2) is 53.2 Å². The van der Waals surface area contributed by atoms with Crippen LogP contribution in [-0.2, 0) is 23.9 Å². The lowest BCUT2D eigenvalue weighted by atomic mass is 9.91. The maximum atomic E-state index is 12.9. The van der Waals surface area contributed by atoms with Crippen LogP contribution in [0.3, 0.4) is 0 Å². The summed E-state index contributed by atoms with van der Waals surface area (Å²) in [7, 11) is 0. The molecule has 2 saturated carbocycles. The molecule has 0 spiro atoms. The number of nitrogens with one attached hydrogen (secondary N) is 1.